The monoisotopic (exact) mass is 374 g/mol. The van der Waals surface area contributed by atoms with Crippen molar-refractivity contribution in [3.05, 3.63) is 51.0 Å². The maximum absolute atomic E-state index is 12.6. The summed E-state index contributed by atoms with van der Waals surface area (Å²) in [5.74, 6) is -0.491. The van der Waals surface area contributed by atoms with E-state index in [2.05, 4.69) is 18.8 Å². The zero-order valence-electron chi connectivity index (χ0n) is 15.9. The summed E-state index contributed by atoms with van der Waals surface area (Å²) in [7, 11) is 1.83. The van der Waals surface area contributed by atoms with Crippen molar-refractivity contribution in [2.75, 3.05) is 7.05 Å². The predicted octanol–water partition coefficient (Wildman–Crippen LogP) is 4.43. The lowest BCUT2D eigenvalue weighted by atomic mass is 10.1. The van der Waals surface area contributed by atoms with Crippen LogP contribution in [0.4, 0.5) is 0 Å². The fraction of sp³-hybridized carbons (Fsp3) is 0.450. The molecule has 1 amide bonds. The van der Waals surface area contributed by atoms with Crippen LogP contribution < -0.4 is 0 Å². The maximum Gasteiger partial charge on any atom is 0.335 e. The summed E-state index contributed by atoms with van der Waals surface area (Å²) in [5, 5.41) is 10.0. The van der Waals surface area contributed by atoms with Gasteiger partial charge >= 0.3 is 5.97 Å². The summed E-state index contributed by atoms with van der Waals surface area (Å²) in [6.45, 7) is 8.27. The summed E-state index contributed by atoms with van der Waals surface area (Å²) >= 11 is 1.68. The Labute approximate surface area is 158 Å². The summed E-state index contributed by atoms with van der Waals surface area (Å²) in [4.78, 5) is 31.0. The molecule has 5 nitrogen and oxygen atoms in total. The summed E-state index contributed by atoms with van der Waals surface area (Å²) in [5.41, 5.74) is 2.21. The number of thiazole rings is 1. The number of carbonyl (C=O) groups excluding carboxylic acids is 1. The molecule has 1 aromatic heterocycles. The molecule has 140 valence electrons. The lowest BCUT2D eigenvalue weighted by Crippen LogP contribution is -2.29. The van der Waals surface area contributed by atoms with Crippen LogP contribution in [0.1, 0.15) is 70.7 Å². The highest BCUT2D eigenvalue weighted by atomic mass is 32.1. The Hall–Kier alpha value is -2.21. The molecule has 1 aromatic carbocycles. The third-order valence-corrected chi connectivity index (χ3v) is 6.15. The second-order valence-electron chi connectivity index (χ2n) is 6.84. The highest BCUT2D eigenvalue weighted by Gasteiger charge is 2.22. The molecule has 0 radical (unpaired) electrons. The number of aromatic carboxylic acids is 1. The van der Waals surface area contributed by atoms with Crippen LogP contribution >= 0.6 is 11.3 Å². The number of aromatic nitrogens is 1. The topological polar surface area (TPSA) is 70.5 Å². The summed E-state index contributed by atoms with van der Waals surface area (Å²) in [6.07, 6.45) is 0.983. The van der Waals surface area contributed by atoms with E-state index < -0.39 is 5.97 Å². The average Bonchev–Trinajstić information content (AvgIpc) is 3.00. The first-order chi connectivity index (χ1) is 12.2. The third kappa shape index (κ3) is 4.69. The first-order valence-corrected chi connectivity index (χ1v) is 9.57. The van der Waals surface area contributed by atoms with Gasteiger partial charge in [0.05, 0.1) is 22.3 Å². The zero-order valence-corrected chi connectivity index (χ0v) is 16.8. The number of aryl methyl sites for hydroxylation is 2. The molecule has 0 aliphatic heterocycles. The Kier molecular flexibility index (Phi) is 6.53. The lowest BCUT2D eigenvalue weighted by Gasteiger charge is -2.24. The van der Waals surface area contributed by atoms with Crippen molar-refractivity contribution in [2.45, 2.75) is 52.5 Å². The molecule has 0 bridgehead atoms. The number of carbonyl (C=O) groups is 2. The van der Waals surface area contributed by atoms with Crippen LogP contribution in [0.25, 0.3) is 0 Å². The molecule has 2 rings (SSSR count). The molecule has 0 saturated heterocycles. The van der Waals surface area contributed by atoms with Crippen molar-refractivity contribution in [2.24, 2.45) is 0 Å². The van der Waals surface area contributed by atoms with E-state index in [1.807, 2.05) is 20.9 Å². The largest absolute Gasteiger partial charge is 0.478 e. The lowest BCUT2D eigenvalue weighted by molar-refractivity contribution is -0.131. The smallest absolute Gasteiger partial charge is 0.335 e. The van der Waals surface area contributed by atoms with Crippen LogP contribution in [0.3, 0.4) is 0 Å². The fourth-order valence-electron chi connectivity index (χ4n) is 2.70. The highest BCUT2D eigenvalue weighted by Crippen LogP contribution is 2.32. The van der Waals surface area contributed by atoms with Gasteiger partial charge in [-0.05, 0) is 38.0 Å². The highest BCUT2D eigenvalue weighted by molar-refractivity contribution is 7.11. The Balaban J connectivity index is 1.99. The SMILES string of the molecule is Cc1nc(C(C)C)sc1C(C)N(C)C(=O)CCc1ccc(C(=O)O)cc1. The number of benzene rings is 1. The van der Waals surface area contributed by atoms with E-state index in [1.54, 1.807) is 40.5 Å². The molecule has 0 spiro atoms. The van der Waals surface area contributed by atoms with Gasteiger partial charge in [-0.15, -0.1) is 11.3 Å². The number of amides is 1. The van der Waals surface area contributed by atoms with E-state index in [4.69, 9.17) is 5.11 Å². The minimum Gasteiger partial charge on any atom is -0.478 e. The molecule has 0 fully saturated rings. The van der Waals surface area contributed by atoms with Gasteiger partial charge in [0.15, 0.2) is 0 Å². The second-order valence-corrected chi connectivity index (χ2v) is 7.90. The second kappa shape index (κ2) is 8.45. The normalized spacial score (nSPS) is 12.2. The molecule has 1 atom stereocenters. The van der Waals surface area contributed by atoms with Crippen LogP contribution in [0.5, 0.6) is 0 Å². The van der Waals surface area contributed by atoms with Crippen LogP contribution in [-0.4, -0.2) is 33.9 Å². The molecular formula is C20H26N2O3S. The van der Waals surface area contributed by atoms with Gasteiger partial charge in [-0.1, -0.05) is 26.0 Å². The van der Waals surface area contributed by atoms with Gasteiger partial charge in [0.25, 0.3) is 0 Å². The van der Waals surface area contributed by atoms with E-state index in [0.717, 1.165) is 21.1 Å². The van der Waals surface area contributed by atoms with E-state index >= 15 is 0 Å². The number of rotatable bonds is 7. The van der Waals surface area contributed by atoms with Crippen molar-refractivity contribution in [1.29, 1.82) is 0 Å². The standard InChI is InChI=1S/C20H26N2O3S/c1-12(2)19-21-13(3)18(26-19)14(4)22(5)17(23)11-8-15-6-9-16(10-7-15)20(24)25/h6-7,9-10,12,14H,8,11H2,1-5H3,(H,24,25). The molecule has 1 unspecified atom stereocenters. The van der Waals surface area contributed by atoms with E-state index in [1.165, 1.54) is 0 Å². The Bertz CT molecular complexity index is 781. The van der Waals surface area contributed by atoms with E-state index in [0.29, 0.717) is 18.8 Å². The molecule has 0 saturated carbocycles. The molecule has 0 aliphatic carbocycles. The number of carboxylic acids is 1. The van der Waals surface area contributed by atoms with E-state index in [9.17, 15) is 9.59 Å². The van der Waals surface area contributed by atoms with Crippen LogP contribution in [0, 0.1) is 6.92 Å². The quantitative estimate of drug-likeness (QED) is 0.778. The minimum absolute atomic E-state index is 0.0121. The Morgan fingerprint density at radius 3 is 2.31 bits per heavy atom. The molecular weight excluding hydrogens is 348 g/mol. The van der Waals surface area contributed by atoms with Gasteiger partial charge in [0.1, 0.15) is 0 Å². The van der Waals surface area contributed by atoms with Gasteiger partial charge < -0.3 is 10.0 Å². The first-order valence-electron chi connectivity index (χ1n) is 8.75. The van der Waals surface area contributed by atoms with Gasteiger partial charge in [-0.25, -0.2) is 9.78 Å². The number of carboxylic acid groups (broad SMARTS) is 1. The molecule has 2 aromatic rings. The number of hydrogen-bond donors (Lipinski definition) is 1. The Morgan fingerprint density at radius 2 is 1.81 bits per heavy atom. The molecule has 6 heteroatoms. The average molecular weight is 375 g/mol. The van der Waals surface area contributed by atoms with Gasteiger partial charge in [0.2, 0.25) is 5.91 Å². The zero-order chi connectivity index (χ0) is 19.4. The van der Waals surface area contributed by atoms with Crippen molar-refractivity contribution in [3.63, 3.8) is 0 Å². The van der Waals surface area contributed by atoms with Gasteiger partial charge in [-0.3, -0.25) is 4.79 Å². The van der Waals surface area contributed by atoms with Crippen LogP contribution in [0.15, 0.2) is 24.3 Å². The van der Waals surface area contributed by atoms with Crippen LogP contribution in [-0.2, 0) is 11.2 Å². The van der Waals surface area contributed by atoms with Gasteiger partial charge in [-0.2, -0.15) is 0 Å². The third-order valence-electron chi connectivity index (χ3n) is 4.53. The van der Waals surface area contributed by atoms with Crippen LogP contribution in [0.2, 0.25) is 0 Å². The minimum atomic E-state index is -0.943. The number of hydrogen-bond acceptors (Lipinski definition) is 4. The van der Waals surface area contributed by atoms with Gasteiger partial charge in [0, 0.05) is 24.3 Å². The molecule has 1 heterocycles. The fourth-order valence-corrected chi connectivity index (χ4v) is 3.86. The molecule has 1 N–H and O–H groups in total. The Morgan fingerprint density at radius 1 is 1.19 bits per heavy atom. The maximum atomic E-state index is 12.6. The molecule has 0 aliphatic rings. The van der Waals surface area contributed by atoms with Crippen molar-refractivity contribution < 1.29 is 14.7 Å². The number of nitrogens with zero attached hydrogens (tertiary/aromatic N) is 2. The predicted molar refractivity (Wildman–Crippen MR) is 104 cm³/mol. The summed E-state index contributed by atoms with van der Waals surface area (Å²) in [6, 6.07) is 6.66. The van der Waals surface area contributed by atoms with E-state index in [-0.39, 0.29) is 17.5 Å². The first kappa shape index (κ1) is 20.1. The van der Waals surface area contributed by atoms with Crippen molar-refractivity contribution in [1.82, 2.24) is 9.88 Å². The van der Waals surface area contributed by atoms with Crippen molar-refractivity contribution in [3.8, 4) is 0 Å². The van der Waals surface area contributed by atoms with Crippen molar-refractivity contribution >= 4 is 23.2 Å². The molecule has 26 heavy (non-hydrogen) atoms. The summed E-state index contributed by atoms with van der Waals surface area (Å²) < 4.78 is 0.